The molecule has 2 aliphatic rings. The summed E-state index contributed by atoms with van der Waals surface area (Å²) in [6, 6.07) is 0. The quantitative estimate of drug-likeness (QED) is 0.393. The molecule has 2 nitrogen and oxygen atoms in total. The molecule has 2 aliphatic carbocycles. The monoisotopic (exact) mass is 398 g/mol. The van der Waals surface area contributed by atoms with Crippen molar-refractivity contribution in [3.05, 3.63) is 0 Å². The fourth-order valence-corrected chi connectivity index (χ4v) is 8.00. The summed E-state index contributed by atoms with van der Waals surface area (Å²) in [7, 11) is -1.71. The second-order valence-corrected chi connectivity index (χ2v) is 15.1. The van der Waals surface area contributed by atoms with Crippen LogP contribution in [0.15, 0.2) is 0 Å². The third-order valence-corrected chi connectivity index (χ3v) is 8.70. The van der Waals surface area contributed by atoms with Gasteiger partial charge in [0.05, 0.1) is 5.60 Å². The largest absolute Gasteiger partial charge is 0.412 e. The number of rotatable bonds is 9. The SMILES string of the molecule is CCC(CC)(C[C@H](F)C[C@@H](C)[C@H]1CC[C@H]2C(=O)CCC[C@]12C)O[Si](C)(C)C. The molecule has 0 aromatic rings. The maximum absolute atomic E-state index is 15.2. The lowest BCUT2D eigenvalue weighted by Gasteiger charge is -2.43. The number of carbonyl (C=O) groups is 1. The van der Waals surface area contributed by atoms with Crippen LogP contribution in [0.5, 0.6) is 0 Å². The lowest BCUT2D eigenvalue weighted by molar-refractivity contribution is -0.130. The molecule has 5 atom stereocenters. The third-order valence-electron chi connectivity index (χ3n) is 7.66. The van der Waals surface area contributed by atoms with Crippen molar-refractivity contribution in [3.63, 3.8) is 0 Å². The van der Waals surface area contributed by atoms with Crippen LogP contribution in [0, 0.1) is 23.2 Å². The predicted octanol–water partition coefficient (Wildman–Crippen LogP) is 6.94. The fourth-order valence-electron chi connectivity index (χ4n) is 6.33. The van der Waals surface area contributed by atoms with E-state index in [1.54, 1.807) is 0 Å². The van der Waals surface area contributed by atoms with Gasteiger partial charge in [-0.25, -0.2) is 4.39 Å². The molecule has 0 radical (unpaired) electrons. The number of hydrogen-bond donors (Lipinski definition) is 0. The van der Waals surface area contributed by atoms with Crippen LogP contribution in [0.2, 0.25) is 19.6 Å². The lowest BCUT2D eigenvalue weighted by Crippen LogP contribution is -2.44. The Hall–Kier alpha value is -0.223. The van der Waals surface area contributed by atoms with Gasteiger partial charge in [0.1, 0.15) is 12.0 Å². The van der Waals surface area contributed by atoms with Crippen LogP contribution in [0.4, 0.5) is 4.39 Å². The van der Waals surface area contributed by atoms with Gasteiger partial charge in [-0.05, 0) is 81.8 Å². The summed E-state index contributed by atoms with van der Waals surface area (Å²) in [6.45, 7) is 15.4. The summed E-state index contributed by atoms with van der Waals surface area (Å²) in [6.07, 6.45) is 7.09. The molecule has 2 rings (SSSR count). The maximum atomic E-state index is 15.2. The minimum absolute atomic E-state index is 0.107. The average molecular weight is 399 g/mol. The molecule has 0 spiro atoms. The second-order valence-electron chi connectivity index (χ2n) is 10.7. The van der Waals surface area contributed by atoms with E-state index in [2.05, 4.69) is 47.3 Å². The maximum Gasteiger partial charge on any atom is 0.184 e. The second kappa shape index (κ2) is 8.65. The van der Waals surface area contributed by atoms with Gasteiger partial charge in [0.15, 0.2) is 8.32 Å². The summed E-state index contributed by atoms with van der Waals surface area (Å²) in [5.74, 6) is 1.52. The van der Waals surface area contributed by atoms with E-state index < -0.39 is 14.5 Å². The molecule has 2 saturated carbocycles. The number of ketones is 1. The van der Waals surface area contributed by atoms with Crippen molar-refractivity contribution in [2.75, 3.05) is 0 Å². The molecule has 0 aliphatic heterocycles. The zero-order valence-corrected chi connectivity index (χ0v) is 19.9. The number of fused-ring (bicyclic) bond motifs is 1. The van der Waals surface area contributed by atoms with E-state index in [1.807, 2.05) is 0 Å². The first kappa shape index (κ1) is 23.1. The number of halogens is 1. The van der Waals surface area contributed by atoms with E-state index in [0.717, 1.165) is 44.9 Å². The van der Waals surface area contributed by atoms with Crippen molar-refractivity contribution < 1.29 is 13.6 Å². The van der Waals surface area contributed by atoms with Gasteiger partial charge in [-0.2, -0.15) is 0 Å². The highest BCUT2D eigenvalue weighted by molar-refractivity contribution is 6.69. The Morgan fingerprint density at radius 2 is 1.89 bits per heavy atom. The molecule has 0 N–H and O–H groups in total. The highest BCUT2D eigenvalue weighted by Crippen LogP contribution is 2.57. The summed E-state index contributed by atoms with van der Waals surface area (Å²) in [4.78, 5) is 12.4. The summed E-state index contributed by atoms with van der Waals surface area (Å²) >= 11 is 0. The van der Waals surface area contributed by atoms with Crippen molar-refractivity contribution in [1.29, 1.82) is 0 Å². The molecular weight excluding hydrogens is 355 g/mol. The van der Waals surface area contributed by atoms with Crippen molar-refractivity contribution >= 4 is 14.1 Å². The lowest BCUT2D eigenvalue weighted by atomic mass is 9.62. The van der Waals surface area contributed by atoms with Crippen molar-refractivity contribution in [2.24, 2.45) is 23.2 Å². The van der Waals surface area contributed by atoms with Gasteiger partial charge >= 0.3 is 0 Å². The standard InChI is InChI=1S/C23H43FO2Si/c1-8-23(9-2,26-27(5,6)7)16-18(24)15-17(3)19-12-13-20-21(25)11-10-14-22(19,20)4/h17-20H,8-16H2,1-7H3/t17-,18-,19-,20+,22-/m1/s1. The van der Waals surface area contributed by atoms with Crippen LogP contribution in [0.1, 0.15) is 85.5 Å². The molecule has 0 aromatic carbocycles. The Morgan fingerprint density at radius 1 is 1.26 bits per heavy atom. The minimum Gasteiger partial charge on any atom is -0.412 e. The molecular formula is C23H43FO2Si. The van der Waals surface area contributed by atoms with Crippen molar-refractivity contribution in [1.82, 2.24) is 0 Å². The molecule has 0 aromatic heterocycles. The Morgan fingerprint density at radius 3 is 2.44 bits per heavy atom. The third kappa shape index (κ3) is 5.23. The highest BCUT2D eigenvalue weighted by atomic mass is 28.4. The number of Topliss-reactive ketones (excluding diaryl/α,β-unsaturated/α-hetero) is 1. The van der Waals surface area contributed by atoms with Gasteiger partial charge in [0, 0.05) is 18.8 Å². The highest BCUT2D eigenvalue weighted by Gasteiger charge is 2.52. The normalized spacial score (nSPS) is 31.6. The molecule has 0 saturated heterocycles. The van der Waals surface area contributed by atoms with Gasteiger partial charge in [-0.15, -0.1) is 0 Å². The van der Waals surface area contributed by atoms with Gasteiger partial charge in [-0.3, -0.25) is 4.79 Å². The van der Waals surface area contributed by atoms with E-state index in [1.165, 1.54) is 0 Å². The number of alkyl halides is 1. The molecule has 4 heteroatoms. The Balaban J connectivity index is 2.02. The van der Waals surface area contributed by atoms with Gasteiger partial charge < -0.3 is 4.43 Å². The van der Waals surface area contributed by atoms with Crippen LogP contribution in [-0.2, 0) is 9.22 Å². The van der Waals surface area contributed by atoms with Gasteiger partial charge in [-0.1, -0.05) is 27.7 Å². The molecule has 158 valence electrons. The van der Waals surface area contributed by atoms with Crippen molar-refractivity contribution in [3.8, 4) is 0 Å². The van der Waals surface area contributed by atoms with Crippen LogP contribution in [-0.4, -0.2) is 25.9 Å². The van der Waals surface area contributed by atoms with E-state index in [4.69, 9.17) is 4.43 Å². The molecule has 0 heterocycles. The molecule has 2 fully saturated rings. The Bertz CT molecular complexity index is 511. The van der Waals surface area contributed by atoms with E-state index in [9.17, 15) is 4.79 Å². The van der Waals surface area contributed by atoms with Crippen molar-refractivity contribution in [2.45, 2.75) is 117 Å². The van der Waals surface area contributed by atoms with Crippen LogP contribution < -0.4 is 0 Å². The smallest absolute Gasteiger partial charge is 0.184 e. The summed E-state index contributed by atoms with van der Waals surface area (Å²) in [5, 5.41) is 0. The predicted molar refractivity (Wildman–Crippen MR) is 114 cm³/mol. The molecule has 27 heavy (non-hydrogen) atoms. The van der Waals surface area contributed by atoms with Crippen LogP contribution in [0.25, 0.3) is 0 Å². The average Bonchev–Trinajstić information content (AvgIpc) is 2.91. The van der Waals surface area contributed by atoms with Gasteiger partial charge in [0.2, 0.25) is 0 Å². The summed E-state index contributed by atoms with van der Waals surface area (Å²) in [5.41, 5.74) is -0.206. The zero-order valence-electron chi connectivity index (χ0n) is 18.9. The van der Waals surface area contributed by atoms with Gasteiger partial charge in [0.25, 0.3) is 0 Å². The van der Waals surface area contributed by atoms with Crippen LogP contribution in [0.3, 0.4) is 0 Å². The molecule has 0 bridgehead atoms. The molecule has 0 amide bonds. The molecule has 0 unspecified atom stereocenters. The number of hydrogen-bond acceptors (Lipinski definition) is 2. The minimum atomic E-state index is -1.71. The zero-order chi connectivity index (χ0) is 20.5. The Kier molecular flexibility index (Phi) is 7.39. The van der Waals surface area contributed by atoms with E-state index >= 15 is 4.39 Å². The Labute approximate surface area is 168 Å². The summed E-state index contributed by atoms with van der Waals surface area (Å²) < 4.78 is 21.7. The van der Waals surface area contributed by atoms with E-state index in [0.29, 0.717) is 30.5 Å². The first-order chi connectivity index (χ1) is 12.5. The van der Waals surface area contributed by atoms with Crippen LogP contribution >= 0.6 is 0 Å². The first-order valence-corrected chi connectivity index (χ1v) is 14.7. The first-order valence-electron chi connectivity index (χ1n) is 11.3. The number of carbonyl (C=O) groups excluding carboxylic acids is 1. The topological polar surface area (TPSA) is 26.3 Å². The van der Waals surface area contributed by atoms with E-state index in [-0.39, 0.29) is 16.9 Å². The fraction of sp³-hybridized carbons (Fsp3) is 0.957.